The molecule has 1 aromatic carbocycles. The van der Waals surface area contributed by atoms with Crippen molar-refractivity contribution >= 4 is 16.9 Å². The lowest BCUT2D eigenvalue weighted by atomic mass is 9.92. The van der Waals surface area contributed by atoms with Crippen LogP contribution in [0.25, 0.3) is 11.0 Å². The van der Waals surface area contributed by atoms with E-state index in [1.807, 2.05) is 25.1 Å². The minimum Gasteiger partial charge on any atom is -0.451 e. The van der Waals surface area contributed by atoms with E-state index in [0.717, 1.165) is 36.6 Å². The van der Waals surface area contributed by atoms with Crippen LogP contribution in [0.5, 0.6) is 0 Å². The van der Waals surface area contributed by atoms with Crippen molar-refractivity contribution in [3.05, 3.63) is 35.6 Å². The Morgan fingerprint density at radius 1 is 1.30 bits per heavy atom. The van der Waals surface area contributed by atoms with Gasteiger partial charge in [-0.2, -0.15) is 0 Å². The zero-order valence-electron chi connectivity index (χ0n) is 11.6. The first kappa shape index (κ1) is 13.2. The molecule has 1 aliphatic carbocycles. The van der Waals surface area contributed by atoms with Gasteiger partial charge in [0.2, 0.25) is 0 Å². The van der Waals surface area contributed by atoms with E-state index in [0.29, 0.717) is 11.3 Å². The Kier molecular flexibility index (Phi) is 3.49. The van der Waals surface area contributed by atoms with Gasteiger partial charge in [0, 0.05) is 5.39 Å². The highest BCUT2D eigenvalue weighted by Crippen LogP contribution is 2.22. The van der Waals surface area contributed by atoms with Crippen molar-refractivity contribution in [2.24, 2.45) is 0 Å². The summed E-state index contributed by atoms with van der Waals surface area (Å²) in [5, 5.41) is 13.7. The highest BCUT2D eigenvalue weighted by atomic mass is 16.3. The van der Waals surface area contributed by atoms with Gasteiger partial charge in [0.1, 0.15) is 5.58 Å². The van der Waals surface area contributed by atoms with Gasteiger partial charge in [-0.15, -0.1) is 0 Å². The molecule has 2 N–H and O–H groups in total. The second-order valence-electron chi connectivity index (χ2n) is 5.58. The maximum Gasteiger partial charge on any atom is 0.287 e. The smallest absolute Gasteiger partial charge is 0.287 e. The van der Waals surface area contributed by atoms with Crippen LogP contribution in [0.2, 0.25) is 0 Å². The van der Waals surface area contributed by atoms with Gasteiger partial charge < -0.3 is 14.8 Å². The Morgan fingerprint density at radius 2 is 2.10 bits per heavy atom. The minimum atomic E-state index is -0.445. The lowest BCUT2D eigenvalue weighted by molar-refractivity contribution is 0.0699. The van der Waals surface area contributed by atoms with Crippen LogP contribution < -0.4 is 5.32 Å². The van der Waals surface area contributed by atoms with Crippen molar-refractivity contribution in [1.29, 1.82) is 0 Å². The maximum absolute atomic E-state index is 12.2. The molecule has 2 atom stereocenters. The van der Waals surface area contributed by atoms with Crippen molar-refractivity contribution in [1.82, 2.24) is 5.32 Å². The van der Waals surface area contributed by atoms with Gasteiger partial charge >= 0.3 is 0 Å². The second-order valence-corrected chi connectivity index (χ2v) is 5.58. The van der Waals surface area contributed by atoms with Gasteiger partial charge in [-0.05, 0) is 38.0 Å². The Bertz CT molecular complexity index is 632. The molecule has 1 aliphatic rings. The highest BCUT2D eigenvalue weighted by Gasteiger charge is 2.25. The van der Waals surface area contributed by atoms with Crippen LogP contribution >= 0.6 is 0 Å². The van der Waals surface area contributed by atoms with E-state index >= 15 is 0 Å². The van der Waals surface area contributed by atoms with Crippen LogP contribution in [0.4, 0.5) is 0 Å². The molecule has 0 bridgehead atoms. The van der Waals surface area contributed by atoms with Crippen LogP contribution in [0.15, 0.2) is 28.7 Å². The normalized spacial score (nSPS) is 22.9. The molecule has 1 saturated carbocycles. The largest absolute Gasteiger partial charge is 0.451 e. The van der Waals surface area contributed by atoms with Crippen molar-refractivity contribution in [2.45, 2.75) is 44.8 Å². The van der Waals surface area contributed by atoms with Crippen molar-refractivity contribution in [3.8, 4) is 0 Å². The van der Waals surface area contributed by atoms with Crippen LogP contribution in [0, 0.1) is 6.92 Å². The lowest BCUT2D eigenvalue weighted by Gasteiger charge is -2.27. The predicted octanol–water partition coefficient (Wildman–Crippen LogP) is 2.77. The molecule has 0 spiro atoms. The number of carbonyl (C=O) groups excluding carboxylic acids is 1. The molecule has 1 heterocycles. The van der Waals surface area contributed by atoms with E-state index in [4.69, 9.17) is 4.42 Å². The summed E-state index contributed by atoms with van der Waals surface area (Å²) in [4.78, 5) is 12.2. The van der Waals surface area contributed by atoms with E-state index in [9.17, 15) is 9.90 Å². The molecule has 0 aliphatic heterocycles. The Hall–Kier alpha value is -1.81. The fraction of sp³-hybridized carbons (Fsp3) is 0.438. The summed E-state index contributed by atoms with van der Waals surface area (Å²) in [5.74, 6) is 0.0631. The number of aliphatic hydroxyl groups excluding tert-OH is 1. The monoisotopic (exact) mass is 273 g/mol. The van der Waals surface area contributed by atoms with Gasteiger partial charge in [-0.1, -0.05) is 24.5 Å². The second kappa shape index (κ2) is 5.29. The molecule has 2 unspecified atom stereocenters. The first-order chi connectivity index (χ1) is 9.63. The molecule has 1 aromatic heterocycles. The fourth-order valence-electron chi connectivity index (χ4n) is 2.79. The van der Waals surface area contributed by atoms with Crippen LogP contribution in [0.1, 0.15) is 41.8 Å². The number of hydrogen-bond acceptors (Lipinski definition) is 3. The van der Waals surface area contributed by atoms with Crippen LogP contribution in [-0.2, 0) is 0 Å². The number of amides is 1. The molecule has 4 heteroatoms. The third-order valence-corrected chi connectivity index (χ3v) is 3.94. The summed E-state index contributed by atoms with van der Waals surface area (Å²) in [6, 6.07) is 7.42. The van der Waals surface area contributed by atoms with Crippen molar-refractivity contribution in [2.75, 3.05) is 0 Å². The predicted molar refractivity (Wildman–Crippen MR) is 76.7 cm³/mol. The number of aryl methyl sites for hydroxylation is 1. The number of benzene rings is 1. The van der Waals surface area contributed by atoms with Gasteiger partial charge in [0.15, 0.2) is 5.76 Å². The van der Waals surface area contributed by atoms with Crippen molar-refractivity contribution < 1.29 is 14.3 Å². The van der Waals surface area contributed by atoms with E-state index < -0.39 is 6.10 Å². The molecule has 20 heavy (non-hydrogen) atoms. The number of fused-ring (bicyclic) bond motifs is 1. The molecule has 1 fully saturated rings. The zero-order chi connectivity index (χ0) is 14.1. The average molecular weight is 273 g/mol. The molecular formula is C16H19NO3. The molecule has 106 valence electrons. The van der Waals surface area contributed by atoms with E-state index in [1.165, 1.54) is 0 Å². The van der Waals surface area contributed by atoms with E-state index in [2.05, 4.69) is 5.32 Å². The van der Waals surface area contributed by atoms with Crippen LogP contribution in [-0.4, -0.2) is 23.2 Å². The summed E-state index contributed by atoms with van der Waals surface area (Å²) < 4.78 is 5.57. The molecule has 2 aromatic rings. The average Bonchev–Trinajstić information content (AvgIpc) is 2.84. The number of aliphatic hydroxyl groups is 1. The standard InChI is InChI=1S/C16H19NO3/c1-10-6-7-14-11(8-10)9-15(20-14)16(19)17-12-4-2-3-5-13(12)18/h6-9,12-13,18H,2-5H2,1H3,(H,17,19). The minimum absolute atomic E-state index is 0.161. The van der Waals surface area contributed by atoms with Gasteiger partial charge in [-0.25, -0.2) is 0 Å². The first-order valence-electron chi connectivity index (χ1n) is 7.12. The molecule has 0 radical (unpaired) electrons. The summed E-state index contributed by atoms with van der Waals surface area (Å²) in [6.45, 7) is 2.00. The fourth-order valence-corrected chi connectivity index (χ4v) is 2.79. The molecular weight excluding hydrogens is 254 g/mol. The van der Waals surface area contributed by atoms with Gasteiger partial charge in [0.25, 0.3) is 5.91 Å². The molecule has 0 saturated heterocycles. The third-order valence-electron chi connectivity index (χ3n) is 3.94. The number of hydrogen-bond donors (Lipinski definition) is 2. The Balaban J connectivity index is 1.78. The quantitative estimate of drug-likeness (QED) is 0.884. The summed E-state index contributed by atoms with van der Waals surface area (Å²) >= 11 is 0. The third kappa shape index (κ3) is 2.56. The van der Waals surface area contributed by atoms with Gasteiger partial charge in [0.05, 0.1) is 12.1 Å². The summed E-state index contributed by atoms with van der Waals surface area (Å²) in [6.07, 6.45) is 3.20. The Morgan fingerprint density at radius 3 is 2.90 bits per heavy atom. The Labute approximate surface area is 117 Å². The van der Waals surface area contributed by atoms with Gasteiger partial charge in [-0.3, -0.25) is 4.79 Å². The molecule has 3 rings (SSSR count). The van der Waals surface area contributed by atoms with Crippen LogP contribution in [0.3, 0.4) is 0 Å². The lowest BCUT2D eigenvalue weighted by Crippen LogP contribution is -2.44. The topological polar surface area (TPSA) is 62.5 Å². The summed E-state index contributed by atoms with van der Waals surface area (Å²) in [5.41, 5.74) is 1.85. The first-order valence-corrected chi connectivity index (χ1v) is 7.12. The number of furan rings is 1. The van der Waals surface area contributed by atoms with E-state index in [1.54, 1.807) is 6.07 Å². The number of carbonyl (C=O) groups is 1. The molecule has 1 amide bonds. The summed E-state index contributed by atoms with van der Waals surface area (Å²) in [7, 11) is 0. The highest BCUT2D eigenvalue weighted by molar-refractivity contribution is 5.96. The SMILES string of the molecule is Cc1ccc2oc(C(=O)NC3CCCCC3O)cc2c1. The van der Waals surface area contributed by atoms with Crippen molar-refractivity contribution in [3.63, 3.8) is 0 Å². The maximum atomic E-state index is 12.2. The number of rotatable bonds is 2. The molecule has 4 nitrogen and oxygen atoms in total. The number of nitrogens with one attached hydrogen (secondary N) is 1. The zero-order valence-corrected chi connectivity index (χ0v) is 11.6. The van der Waals surface area contributed by atoms with E-state index in [-0.39, 0.29) is 11.9 Å².